The zero-order chi connectivity index (χ0) is 13.4. The lowest BCUT2D eigenvalue weighted by atomic mass is 10.0. The van der Waals surface area contributed by atoms with Crippen LogP contribution in [0.25, 0.3) is 22.0 Å². The molecular weight excluding hydrogens is 234 g/mol. The number of aryl methyl sites for hydroxylation is 1. The van der Waals surface area contributed by atoms with E-state index in [2.05, 4.69) is 29.2 Å². The summed E-state index contributed by atoms with van der Waals surface area (Å²) < 4.78 is 0. The predicted molar refractivity (Wildman–Crippen MR) is 78.5 cm³/mol. The van der Waals surface area contributed by atoms with Crippen molar-refractivity contribution in [2.45, 2.75) is 13.8 Å². The van der Waals surface area contributed by atoms with Gasteiger partial charge in [0.15, 0.2) is 5.78 Å². The lowest BCUT2D eigenvalue weighted by Crippen LogP contribution is -1.92. The largest absolute Gasteiger partial charge is 0.358 e. The van der Waals surface area contributed by atoms with Crippen molar-refractivity contribution in [3.8, 4) is 11.1 Å². The molecule has 1 aromatic heterocycles. The van der Waals surface area contributed by atoms with Gasteiger partial charge in [-0.3, -0.25) is 4.79 Å². The van der Waals surface area contributed by atoms with Crippen molar-refractivity contribution >= 4 is 16.7 Å². The molecule has 0 spiro atoms. The minimum Gasteiger partial charge on any atom is -0.358 e. The van der Waals surface area contributed by atoms with Gasteiger partial charge in [0, 0.05) is 22.2 Å². The number of nitrogens with one attached hydrogen (secondary N) is 1. The molecule has 0 fully saturated rings. The van der Waals surface area contributed by atoms with Gasteiger partial charge in [0.25, 0.3) is 0 Å². The Bertz CT molecular complexity index is 754. The van der Waals surface area contributed by atoms with Gasteiger partial charge >= 0.3 is 0 Å². The molecule has 0 unspecified atom stereocenters. The van der Waals surface area contributed by atoms with E-state index in [1.54, 1.807) is 6.92 Å². The van der Waals surface area contributed by atoms with Crippen LogP contribution in [-0.4, -0.2) is 10.8 Å². The predicted octanol–water partition coefficient (Wildman–Crippen LogP) is 4.35. The van der Waals surface area contributed by atoms with Crippen molar-refractivity contribution in [1.82, 2.24) is 4.98 Å². The molecule has 0 aliphatic carbocycles. The second-order valence-corrected chi connectivity index (χ2v) is 4.81. The summed E-state index contributed by atoms with van der Waals surface area (Å²) in [5.74, 6) is 0.106. The Morgan fingerprint density at radius 3 is 2.42 bits per heavy atom. The summed E-state index contributed by atoms with van der Waals surface area (Å²) in [6.07, 6.45) is 0. The first-order chi connectivity index (χ1) is 9.16. The molecule has 0 aliphatic rings. The summed E-state index contributed by atoms with van der Waals surface area (Å²) in [5.41, 5.74) is 5.05. The molecule has 1 N–H and O–H groups in total. The highest BCUT2D eigenvalue weighted by molar-refractivity contribution is 6.08. The van der Waals surface area contributed by atoms with Crippen molar-refractivity contribution in [1.29, 1.82) is 0 Å². The molecule has 0 aliphatic heterocycles. The third kappa shape index (κ3) is 1.95. The molecule has 94 valence electrons. The van der Waals surface area contributed by atoms with E-state index in [0.29, 0.717) is 0 Å². The molecule has 0 saturated carbocycles. The Labute approximate surface area is 112 Å². The van der Waals surface area contributed by atoms with Crippen LogP contribution in [-0.2, 0) is 0 Å². The van der Waals surface area contributed by atoms with Gasteiger partial charge in [-0.2, -0.15) is 0 Å². The number of aromatic nitrogens is 1. The maximum absolute atomic E-state index is 11.8. The van der Waals surface area contributed by atoms with Crippen molar-refractivity contribution < 1.29 is 4.79 Å². The van der Waals surface area contributed by atoms with Gasteiger partial charge in [-0.15, -0.1) is 0 Å². The fraction of sp³-hybridized carbons (Fsp3) is 0.118. The number of aromatic amines is 1. The lowest BCUT2D eigenvalue weighted by molar-refractivity contribution is 0.101. The Morgan fingerprint density at radius 2 is 1.74 bits per heavy atom. The van der Waals surface area contributed by atoms with Crippen LogP contribution < -0.4 is 0 Å². The number of Topliss-reactive ketones (excluding diaryl/α,β-unsaturated/α-hetero) is 1. The van der Waals surface area contributed by atoms with Crippen molar-refractivity contribution in [2.24, 2.45) is 0 Å². The van der Waals surface area contributed by atoms with E-state index in [0.717, 1.165) is 33.3 Å². The number of ketones is 1. The van der Waals surface area contributed by atoms with Gasteiger partial charge in [0.1, 0.15) is 0 Å². The van der Waals surface area contributed by atoms with Crippen LogP contribution in [0, 0.1) is 6.92 Å². The Kier molecular flexibility index (Phi) is 2.71. The first-order valence-electron chi connectivity index (χ1n) is 6.35. The number of hydrogen-bond acceptors (Lipinski definition) is 1. The molecule has 0 amide bonds. The maximum atomic E-state index is 11.8. The van der Waals surface area contributed by atoms with Crippen LogP contribution in [0.3, 0.4) is 0 Å². The number of carbonyl (C=O) groups excluding carboxylic acids is 1. The first-order valence-corrected chi connectivity index (χ1v) is 6.35. The van der Waals surface area contributed by atoms with E-state index in [-0.39, 0.29) is 5.78 Å². The summed E-state index contributed by atoms with van der Waals surface area (Å²) in [6.45, 7) is 3.56. The Hall–Kier alpha value is -2.35. The Balaban J connectivity index is 2.25. The summed E-state index contributed by atoms with van der Waals surface area (Å²) in [4.78, 5) is 15.0. The average molecular weight is 249 g/mol. The van der Waals surface area contributed by atoms with Gasteiger partial charge < -0.3 is 4.98 Å². The van der Waals surface area contributed by atoms with Gasteiger partial charge in [-0.1, -0.05) is 36.4 Å². The number of fused-ring (bicyclic) bond motifs is 1. The van der Waals surface area contributed by atoms with E-state index in [9.17, 15) is 4.79 Å². The third-order valence-corrected chi connectivity index (χ3v) is 3.45. The topological polar surface area (TPSA) is 32.9 Å². The zero-order valence-electron chi connectivity index (χ0n) is 11.0. The molecule has 19 heavy (non-hydrogen) atoms. The zero-order valence-corrected chi connectivity index (χ0v) is 11.0. The van der Waals surface area contributed by atoms with E-state index in [4.69, 9.17) is 0 Å². The van der Waals surface area contributed by atoms with Gasteiger partial charge in [-0.05, 0) is 37.1 Å². The van der Waals surface area contributed by atoms with E-state index < -0.39 is 0 Å². The number of carbonyl (C=O) groups is 1. The van der Waals surface area contributed by atoms with E-state index >= 15 is 0 Å². The highest BCUT2D eigenvalue weighted by Crippen LogP contribution is 2.28. The summed E-state index contributed by atoms with van der Waals surface area (Å²) in [5, 5.41) is 1.01. The normalized spacial score (nSPS) is 10.8. The SMILES string of the molecule is CC(=O)c1c(C)[nH]c2ccc(-c3ccccc3)cc12. The standard InChI is InChI=1S/C17H15NO/c1-11-17(12(2)19)15-10-14(8-9-16(15)18-11)13-6-4-3-5-7-13/h3-10,18H,1-2H3. The number of rotatable bonds is 2. The van der Waals surface area contributed by atoms with Crippen LogP contribution in [0.4, 0.5) is 0 Å². The van der Waals surface area contributed by atoms with Crippen molar-refractivity contribution in [2.75, 3.05) is 0 Å². The Morgan fingerprint density at radius 1 is 1.00 bits per heavy atom. The van der Waals surface area contributed by atoms with Crippen LogP contribution in [0.15, 0.2) is 48.5 Å². The molecular formula is C17H15NO. The highest BCUT2D eigenvalue weighted by Gasteiger charge is 2.12. The van der Waals surface area contributed by atoms with Crippen LogP contribution in [0.1, 0.15) is 23.0 Å². The third-order valence-electron chi connectivity index (χ3n) is 3.45. The van der Waals surface area contributed by atoms with Gasteiger partial charge in [0.2, 0.25) is 0 Å². The number of hydrogen-bond donors (Lipinski definition) is 1. The molecule has 0 atom stereocenters. The van der Waals surface area contributed by atoms with Crippen molar-refractivity contribution in [3.63, 3.8) is 0 Å². The highest BCUT2D eigenvalue weighted by atomic mass is 16.1. The second kappa shape index (κ2) is 4.39. The van der Waals surface area contributed by atoms with Crippen molar-refractivity contribution in [3.05, 3.63) is 59.8 Å². The quantitative estimate of drug-likeness (QED) is 0.673. The molecule has 2 nitrogen and oxygen atoms in total. The second-order valence-electron chi connectivity index (χ2n) is 4.81. The van der Waals surface area contributed by atoms with E-state index in [1.807, 2.05) is 31.2 Å². The molecule has 0 saturated heterocycles. The van der Waals surface area contributed by atoms with Gasteiger partial charge in [0.05, 0.1) is 0 Å². The summed E-state index contributed by atoms with van der Waals surface area (Å²) >= 11 is 0. The molecule has 2 aromatic carbocycles. The summed E-state index contributed by atoms with van der Waals surface area (Å²) in [7, 11) is 0. The average Bonchev–Trinajstić information content (AvgIpc) is 2.74. The molecule has 1 heterocycles. The number of benzene rings is 2. The van der Waals surface area contributed by atoms with Crippen LogP contribution in [0.2, 0.25) is 0 Å². The van der Waals surface area contributed by atoms with E-state index in [1.165, 1.54) is 0 Å². The minimum atomic E-state index is 0.106. The molecule has 0 bridgehead atoms. The maximum Gasteiger partial charge on any atom is 0.162 e. The minimum absolute atomic E-state index is 0.106. The lowest BCUT2D eigenvalue weighted by Gasteiger charge is -2.02. The fourth-order valence-corrected chi connectivity index (χ4v) is 2.59. The molecule has 2 heteroatoms. The monoisotopic (exact) mass is 249 g/mol. The number of H-pyrrole nitrogens is 1. The fourth-order valence-electron chi connectivity index (χ4n) is 2.59. The molecule has 0 radical (unpaired) electrons. The molecule has 3 rings (SSSR count). The first kappa shape index (κ1) is 11.7. The van der Waals surface area contributed by atoms with Crippen LogP contribution >= 0.6 is 0 Å². The summed E-state index contributed by atoms with van der Waals surface area (Å²) in [6, 6.07) is 16.4. The molecule has 3 aromatic rings. The van der Waals surface area contributed by atoms with Crippen LogP contribution in [0.5, 0.6) is 0 Å². The van der Waals surface area contributed by atoms with Gasteiger partial charge in [-0.25, -0.2) is 0 Å². The smallest absolute Gasteiger partial charge is 0.162 e.